The lowest BCUT2D eigenvalue weighted by Gasteiger charge is -2.31. The van der Waals surface area contributed by atoms with E-state index in [1.807, 2.05) is 45.0 Å². The van der Waals surface area contributed by atoms with Crippen molar-refractivity contribution in [1.29, 1.82) is 0 Å². The van der Waals surface area contributed by atoms with Gasteiger partial charge in [-0.3, -0.25) is 13.9 Å². The van der Waals surface area contributed by atoms with Crippen molar-refractivity contribution < 1.29 is 22.4 Å². The summed E-state index contributed by atoms with van der Waals surface area (Å²) in [6.45, 7) is 7.41. The first-order valence-corrected chi connectivity index (χ1v) is 13.1. The second-order valence-corrected chi connectivity index (χ2v) is 11.0. The Morgan fingerprint density at radius 3 is 2.35 bits per heavy atom. The molecule has 0 saturated heterocycles. The molecule has 0 bridgehead atoms. The van der Waals surface area contributed by atoms with Crippen molar-refractivity contribution >= 4 is 39.1 Å². The largest absolute Gasteiger partial charge is 0.354 e. The van der Waals surface area contributed by atoms with Crippen LogP contribution in [0.5, 0.6) is 0 Å². The number of hydrogen-bond donors (Lipinski definition) is 1. The number of carbonyl (C=O) groups excluding carboxylic acids is 2. The summed E-state index contributed by atoms with van der Waals surface area (Å²) >= 11 is 5.84. The summed E-state index contributed by atoms with van der Waals surface area (Å²) in [5.41, 5.74) is 1.84. The maximum atomic E-state index is 13.6. The minimum atomic E-state index is -3.92. The molecule has 0 aliphatic carbocycles. The molecule has 1 N–H and O–H groups in total. The molecule has 0 spiro atoms. The van der Waals surface area contributed by atoms with Crippen molar-refractivity contribution in [3.63, 3.8) is 0 Å². The van der Waals surface area contributed by atoms with Gasteiger partial charge in [0.2, 0.25) is 21.8 Å². The van der Waals surface area contributed by atoms with Gasteiger partial charge in [-0.1, -0.05) is 55.3 Å². The normalized spacial score (nSPS) is 12.4. The first-order valence-electron chi connectivity index (χ1n) is 10.8. The quantitative estimate of drug-likeness (QED) is 0.526. The fourth-order valence-corrected chi connectivity index (χ4v) is 4.31. The molecule has 2 aromatic carbocycles. The number of sulfonamides is 1. The van der Waals surface area contributed by atoms with E-state index in [0.29, 0.717) is 6.54 Å². The van der Waals surface area contributed by atoms with Gasteiger partial charge in [-0.25, -0.2) is 12.8 Å². The number of carbonyl (C=O) groups is 2. The molecule has 0 radical (unpaired) electrons. The van der Waals surface area contributed by atoms with Crippen molar-refractivity contribution in [2.75, 3.05) is 23.7 Å². The highest BCUT2D eigenvalue weighted by atomic mass is 35.5. The number of nitrogens with zero attached hydrogens (tertiary/aromatic N) is 2. The maximum absolute atomic E-state index is 13.6. The summed E-state index contributed by atoms with van der Waals surface area (Å²) in [6, 6.07) is 10.1. The zero-order valence-electron chi connectivity index (χ0n) is 20.0. The third-order valence-corrected chi connectivity index (χ3v) is 6.59. The lowest BCUT2D eigenvalue weighted by atomic mass is 10.1. The summed E-state index contributed by atoms with van der Waals surface area (Å²) in [7, 11) is -3.92. The summed E-state index contributed by atoms with van der Waals surface area (Å²) in [6.07, 6.45) is 0.946. The Morgan fingerprint density at radius 1 is 1.12 bits per heavy atom. The van der Waals surface area contributed by atoms with Crippen LogP contribution in [-0.4, -0.2) is 50.5 Å². The van der Waals surface area contributed by atoms with Gasteiger partial charge in [0, 0.05) is 13.1 Å². The minimum Gasteiger partial charge on any atom is -0.354 e. The molecule has 2 aromatic rings. The molecule has 0 fully saturated rings. The van der Waals surface area contributed by atoms with E-state index in [2.05, 4.69) is 5.32 Å². The number of nitrogens with one attached hydrogen (secondary N) is 1. The first kappa shape index (κ1) is 27.6. The van der Waals surface area contributed by atoms with Gasteiger partial charge in [0.15, 0.2) is 0 Å². The van der Waals surface area contributed by atoms with Gasteiger partial charge >= 0.3 is 0 Å². The molecule has 1 atom stereocenters. The number of rotatable bonds is 10. The van der Waals surface area contributed by atoms with Gasteiger partial charge in [-0.2, -0.15) is 0 Å². The van der Waals surface area contributed by atoms with E-state index in [0.717, 1.165) is 33.8 Å². The van der Waals surface area contributed by atoms with E-state index in [-0.39, 0.29) is 29.1 Å². The number of aryl methyl sites for hydroxylation is 1. The van der Waals surface area contributed by atoms with Crippen LogP contribution < -0.4 is 9.62 Å². The van der Waals surface area contributed by atoms with Crippen molar-refractivity contribution in [1.82, 2.24) is 10.2 Å². The van der Waals surface area contributed by atoms with E-state index in [1.165, 1.54) is 11.0 Å². The van der Waals surface area contributed by atoms with Crippen LogP contribution in [0.1, 0.15) is 31.9 Å². The maximum Gasteiger partial charge on any atom is 0.244 e. The molecule has 10 heteroatoms. The van der Waals surface area contributed by atoms with E-state index >= 15 is 0 Å². The predicted octanol–water partition coefficient (Wildman–Crippen LogP) is 3.74. The van der Waals surface area contributed by atoms with E-state index in [1.54, 1.807) is 6.92 Å². The Balaban J connectivity index is 2.39. The van der Waals surface area contributed by atoms with Crippen molar-refractivity contribution in [3.8, 4) is 0 Å². The summed E-state index contributed by atoms with van der Waals surface area (Å²) < 4.78 is 39.5. The lowest BCUT2D eigenvalue weighted by molar-refractivity contribution is -0.139. The van der Waals surface area contributed by atoms with Crippen LogP contribution in [0.15, 0.2) is 42.5 Å². The minimum absolute atomic E-state index is 0.0506. The number of benzene rings is 2. The smallest absolute Gasteiger partial charge is 0.244 e. The molecule has 0 heterocycles. The molecule has 0 saturated carbocycles. The summed E-state index contributed by atoms with van der Waals surface area (Å²) in [5, 5.41) is 2.55. The topological polar surface area (TPSA) is 86.8 Å². The third-order valence-electron chi connectivity index (χ3n) is 5.16. The summed E-state index contributed by atoms with van der Waals surface area (Å²) in [5.74, 6) is -1.41. The van der Waals surface area contributed by atoms with Crippen molar-refractivity contribution in [3.05, 3.63) is 64.4 Å². The second kappa shape index (κ2) is 11.7. The van der Waals surface area contributed by atoms with E-state index < -0.39 is 34.3 Å². The molecule has 0 aliphatic rings. The van der Waals surface area contributed by atoms with Crippen molar-refractivity contribution in [2.45, 2.75) is 40.3 Å². The zero-order chi connectivity index (χ0) is 25.6. The molecule has 0 unspecified atom stereocenters. The monoisotopic (exact) mass is 511 g/mol. The number of amides is 2. The second-order valence-electron chi connectivity index (χ2n) is 8.69. The predicted molar refractivity (Wildman–Crippen MR) is 133 cm³/mol. The first-order chi connectivity index (χ1) is 15.8. The van der Waals surface area contributed by atoms with Crippen molar-refractivity contribution in [2.24, 2.45) is 5.92 Å². The Morgan fingerprint density at radius 2 is 1.79 bits per heavy atom. The number of halogens is 2. The van der Waals surface area contributed by atoms with Crippen LogP contribution in [-0.2, 0) is 26.2 Å². The van der Waals surface area contributed by atoms with Gasteiger partial charge in [-0.05, 0) is 43.5 Å². The number of hydrogen-bond acceptors (Lipinski definition) is 4. The molecule has 2 amide bonds. The third kappa shape index (κ3) is 7.70. The van der Waals surface area contributed by atoms with Crippen LogP contribution in [0.2, 0.25) is 5.02 Å². The van der Waals surface area contributed by atoms with Crippen LogP contribution in [0.25, 0.3) is 0 Å². The molecule has 0 aliphatic heterocycles. The molecular formula is C24H31ClFN3O4S. The Bertz CT molecular complexity index is 1140. The Labute approximate surface area is 205 Å². The highest BCUT2D eigenvalue weighted by molar-refractivity contribution is 7.92. The van der Waals surface area contributed by atoms with E-state index in [4.69, 9.17) is 11.6 Å². The van der Waals surface area contributed by atoms with E-state index in [9.17, 15) is 22.4 Å². The van der Waals surface area contributed by atoms with Gasteiger partial charge < -0.3 is 10.2 Å². The van der Waals surface area contributed by atoms with Crippen LogP contribution in [0, 0.1) is 18.7 Å². The van der Waals surface area contributed by atoms with Crippen LogP contribution in [0.3, 0.4) is 0 Å². The molecule has 186 valence electrons. The lowest BCUT2D eigenvalue weighted by Crippen LogP contribution is -2.51. The van der Waals surface area contributed by atoms with Crippen LogP contribution >= 0.6 is 11.6 Å². The Kier molecular flexibility index (Phi) is 9.46. The molecule has 0 aromatic heterocycles. The highest BCUT2D eigenvalue weighted by Gasteiger charge is 2.30. The molecule has 2 rings (SSSR count). The number of anilines is 1. The Hall–Kier alpha value is -2.65. The van der Waals surface area contributed by atoms with Gasteiger partial charge in [0.05, 0.1) is 17.0 Å². The standard InChI is InChI=1S/C24H31ClFN3O4S/c1-16(2)13-27-24(31)18(4)28(14-19-8-6-7-17(3)11-19)23(30)15-29(34(5,32)33)20-9-10-22(26)21(25)12-20/h6-12,16,18H,13-15H2,1-5H3,(H,27,31)/t18-/m0/s1. The average molecular weight is 512 g/mol. The van der Waals surface area contributed by atoms with Gasteiger partial charge in [0.1, 0.15) is 18.4 Å². The SMILES string of the molecule is Cc1cccc(CN(C(=O)CN(c2ccc(F)c(Cl)c2)S(C)(=O)=O)[C@@H](C)C(=O)NCC(C)C)c1. The fraction of sp³-hybridized carbons (Fsp3) is 0.417. The molecule has 34 heavy (non-hydrogen) atoms. The molecular weight excluding hydrogens is 481 g/mol. The zero-order valence-corrected chi connectivity index (χ0v) is 21.6. The van der Waals surface area contributed by atoms with Gasteiger partial charge in [-0.15, -0.1) is 0 Å². The fourth-order valence-electron chi connectivity index (χ4n) is 3.30. The van der Waals surface area contributed by atoms with Gasteiger partial charge in [0.25, 0.3) is 0 Å². The highest BCUT2D eigenvalue weighted by Crippen LogP contribution is 2.25. The summed E-state index contributed by atoms with van der Waals surface area (Å²) in [4.78, 5) is 27.6. The molecule has 7 nitrogen and oxygen atoms in total. The average Bonchev–Trinajstić information content (AvgIpc) is 2.74. The van der Waals surface area contributed by atoms with Crippen LogP contribution in [0.4, 0.5) is 10.1 Å².